The van der Waals surface area contributed by atoms with Gasteiger partial charge in [0.1, 0.15) is 0 Å². The SMILES string of the molecule is CCCNc1cnn(Cc2cccs2)c(=O)c1. The Kier molecular flexibility index (Phi) is 3.93. The zero-order chi connectivity index (χ0) is 12.1. The van der Waals surface area contributed by atoms with Gasteiger partial charge < -0.3 is 5.32 Å². The van der Waals surface area contributed by atoms with Crippen LogP contribution in [0, 0.1) is 0 Å². The van der Waals surface area contributed by atoms with Crippen LogP contribution in [-0.2, 0) is 6.54 Å². The predicted octanol–water partition coefficient (Wildman–Crippen LogP) is 2.17. The van der Waals surface area contributed by atoms with E-state index in [0.29, 0.717) is 6.54 Å². The highest BCUT2D eigenvalue weighted by atomic mass is 32.1. The minimum Gasteiger partial charge on any atom is -0.384 e. The van der Waals surface area contributed by atoms with Crippen LogP contribution < -0.4 is 10.9 Å². The van der Waals surface area contributed by atoms with Gasteiger partial charge in [0.25, 0.3) is 5.56 Å². The monoisotopic (exact) mass is 249 g/mol. The molecule has 0 atom stereocenters. The summed E-state index contributed by atoms with van der Waals surface area (Å²) < 4.78 is 1.48. The maximum absolute atomic E-state index is 11.8. The molecule has 90 valence electrons. The molecule has 0 aromatic carbocycles. The lowest BCUT2D eigenvalue weighted by Crippen LogP contribution is -2.22. The van der Waals surface area contributed by atoms with Crippen LogP contribution in [0.5, 0.6) is 0 Å². The van der Waals surface area contributed by atoms with Crippen molar-refractivity contribution in [3.63, 3.8) is 0 Å². The van der Waals surface area contributed by atoms with Crippen molar-refractivity contribution in [2.45, 2.75) is 19.9 Å². The molecule has 0 amide bonds. The number of anilines is 1. The summed E-state index contributed by atoms with van der Waals surface area (Å²) in [6, 6.07) is 5.57. The largest absolute Gasteiger partial charge is 0.384 e. The Hall–Kier alpha value is -1.62. The second-order valence-electron chi connectivity index (χ2n) is 3.75. The Morgan fingerprint density at radius 2 is 2.41 bits per heavy atom. The van der Waals surface area contributed by atoms with E-state index in [1.165, 1.54) is 4.68 Å². The zero-order valence-electron chi connectivity index (χ0n) is 9.72. The highest BCUT2D eigenvalue weighted by molar-refractivity contribution is 7.09. The van der Waals surface area contributed by atoms with Crippen LogP contribution in [0.15, 0.2) is 34.6 Å². The molecule has 4 nitrogen and oxygen atoms in total. The van der Waals surface area contributed by atoms with E-state index in [4.69, 9.17) is 0 Å². The molecule has 0 saturated heterocycles. The molecule has 0 aliphatic rings. The molecule has 2 aromatic rings. The molecule has 5 heteroatoms. The number of rotatable bonds is 5. The topological polar surface area (TPSA) is 46.9 Å². The van der Waals surface area contributed by atoms with Gasteiger partial charge in [-0.05, 0) is 17.9 Å². The zero-order valence-corrected chi connectivity index (χ0v) is 10.5. The third-order valence-corrected chi connectivity index (χ3v) is 3.20. The highest BCUT2D eigenvalue weighted by Gasteiger charge is 2.01. The summed E-state index contributed by atoms with van der Waals surface area (Å²) >= 11 is 1.63. The van der Waals surface area contributed by atoms with Crippen LogP contribution >= 0.6 is 11.3 Å². The first-order valence-corrected chi connectivity index (χ1v) is 6.51. The molecular formula is C12H15N3OS. The van der Waals surface area contributed by atoms with E-state index in [1.807, 2.05) is 17.5 Å². The van der Waals surface area contributed by atoms with Gasteiger partial charge in [0.15, 0.2) is 0 Å². The average molecular weight is 249 g/mol. The van der Waals surface area contributed by atoms with E-state index in [1.54, 1.807) is 23.6 Å². The van der Waals surface area contributed by atoms with Crippen molar-refractivity contribution in [2.24, 2.45) is 0 Å². The molecule has 2 heterocycles. The van der Waals surface area contributed by atoms with Crippen molar-refractivity contribution in [3.05, 3.63) is 45.0 Å². The minimum atomic E-state index is -0.0699. The lowest BCUT2D eigenvalue weighted by atomic mass is 10.4. The first kappa shape index (κ1) is 11.9. The standard InChI is InChI=1S/C12H15N3OS/c1-2-5-13-10-7-12(16)15(14-8-10)9-11-4-3-6-17-11/h3-4,6-8,13H,2,5,9H2,1H3. The molecule has 17 heavy (non-hydrogen) atoms. The van der Waals surface area contributed by atoms with Crippen LogP contribution in [0.25, 0.3) is 0 Å². The Morgan fingerprint density at radius 3 is 3.06 bits per heavy atom. The van der Waals surface area contributed by atoms with Gasteiger partial charge in [-0.1, -0.05) is 13.0 Å². The summed E-state index contributed by atoms with van der Waals surface area (Å²) in [5.74, 6) is 0. The van der Waals surface area contributed by atoms with E-state index >= 15 is 0 Å². The lowest BCUT2D eigenvalue weighted by Gasteiger charge is -2.06. The molecule has 0 unspecified atom stereocenters. The Labute approximate surface area is 104 Å². The second kappa shape index (κ2) is 5.63. The predicted molar refractivity (Wildman–Crippen MR) is 70.7 cm³/mol. The maximum Gasteiger partial charge on any atom is 0.269 e. The lowest BCUT2D eigenvalue weighted by molar-refractivity contribution is 0.646. The van der Waals surface area contributed by atoms with Gasteiger partial charge in [0, 0.05) is 17.5 Å². The normalized spacial score (nSPS) is 10.4. The molecule has 0 saturated carbocycles. The van der Waals surface area contributed by atoms with Crippen LogP contribution in [0.3, 0.4) is 0 Å². The summed E-state index contributed by atoms with van der Waals surface area (Å²) in [7, 11) is 0. The van der Waals surface area contributed by atoms with Gasteiger partial charge in [-0.3, -0.25) is 4.79 Å². The number of nitrogens with one attached hydrogen (secondary N) is 1. The molecule has 2 aromatic heterocycles. The van der Waals surface area contributed by atoms with E-state index in [-0.39, 0.29) is 5.56 Å². The molecule has 0 bridgehead atoms. The van der Waals surface area contributed by atoms with Gasteiger partial charge in [0.05, 0.1) is 18.4 Å². The van der Waals surface area contributed by atoms with Gasteiger partial charge in [-0.25, -0.2) is 4.68 Å². The number of aromatic nitrogens is 2. The summed E-state index contributed by atoms with van der Waals surface area (Å²) in [4.78, 5) is 12.9. The molecule has 0 fully saturated rings. The summed E-state index contributed by atoms with van der Waals surface area (Å²) in [6.07, 6.45) is 2.73. The molecular weight excluding hydrogens is 234 g/mol. The Balaban J connectivity index is 2.12. The van der Waals surface area contributed by atoms with E-state index in [0.717, 1.165) is 23.5 Å². The summed E-state index contributed by atoms with van der Waals surface area (Å²) in [6.45, 7) is 3.49. The minimum absolute atomic E-state index is 0.0699. The quantitative estimate of drug-likeness (QED) is 0.883. The third kappa shape index (κ3) is 3.17. The van der Waals surface area contributed by atoms with Crippen molar-refractivity contribution in [3.8, 4) is 0 Å². The molecule has 0 radical (unpaired) electrons. The van der Waals surface area contributed by atoms with E-state index < -0.39 is 0 Å². The number of hydrogen-bond acceptors (Lipinski definition) is 4. The van der Waals surface area contributed by atoms with Crippen LogP contribution in [0.2, 0.25) is 0 Å². The first-order chi connectivity index (χ1) is 8.29. The Morgan fingerprint density at radius 1 is 1.53 bits per heavy atom. The van der Waals surface area contributed by atoms with Gasteiger partial charge in [-0.15, -0.1) is 11.3 Å². The van der Waals surface area contributed by atoms with Crippen molar-refractivity contribution in [1.29, 1.82) is 0 Å². The van der Waals surface area contributed by atoms with E-state index in [9.17, 15) is 4.79 Å². The molecule has 1 N–H and O–H groups in total. The van der Waals surface area contributed by atoms with Crippen molar-refractivity contribution >= 4 is 17.0 Å². The molecule has 0 aliphatic heterocycles. The fourth-order valence-corrected chi connectivity index (χ4v) is 2.15. The Bertz CT molecular complexity index is 519. The van der Waals surface area contributed by atoms with Gasteiger partial charge in [-0.2, -0.15) is 5.10 Å². The highest BCUT2D eigenvalue weighted by Crippen LogP contribution is 2.09. The summed E-state index contributed by atoms with van der Waals surface area (Å²) in [5, 5.41) is 9.30. The number of nitrogens with zero attached hydrogens (tertiary/aromatic N) is 2. The molecule has 2 rings (SSSR count). The first-order valence-electron chi connectivity index (χ1n) is 5.63. The van der Waals surface area contributed by atoms with E-state index in [2.05, 4.69) is 17.3 Å². The molecule has 0 aliphatic carbocycles. The number of thiophene rings is 1. The van der Waals surface area contributed by atoms with Crippen LogP contribution in [-0.4, -0.2) is 16.3 Å². The fourth-order valence-electron chi connectivity index (χ4n) is 1.47. The van der Waals surface area contributed by atoms with Gasteiger partial charge >= 0.3 is 0 Å². The smallest absolute Gasteiger partial charge is 0.269 e. The third-order valence-electron chi connectivity index (χ3n) is 2.33. The fraction of sp³-hybridized carbons (Fsp3) is 0.333. The second-order valence-corrected chi connectivity index (χ2v) is 4.78. The van der Waals surface area contributed by atoms with Crippen molar-refractivity contribution in [2.75, 3.05) is 11.9 Å². The van der Waals surface area contributed by atoms with Crippen molar-refractivity contribution in [1.82, 2.24) is 9.78 Å². The maximum atomic E-state index is 11.8. The summed E-state index contributed by atoms with van der Waals surface area (Å²) in [5.41, 5.74) is 0.721. The van der Waals surface area contributed by atoms with Crippen molar-refractivity contribution < 1.29 is 0 Å². The van der Waals surface area contributed by atoms with Crippen LogP contribution in [0.1, 0.15) is 18.2 Å². The molecule has 0 spiro atoms. The number of hydrogen-bond donors (Lipinski definition) is 1. The van der Waals surface area contributed by atoms with Crippen LogP contribution in [0.4, 0.5) is 5.69 Å². The average Bonchev–Trinajstić information content (AvgIpc) is 2.82. The van der Waals surface area contributed by atoms with Gasteiger partial charge in [0.2, 0.25) is 0 Å².